The SMILES string of the molecule is COc1cc(N)ccc1NC(=O)c1ccc(C(F)(F)F)cc1. The summed E-state index contributed by atoms with van der Waals surface area (Å²) in [5.74, 6) is -0.183. The monoisotopic (exact) mass is 310 g/mol. The van der Waals surface area contributed by atoms with E-state index in [4.69, 9.17) is 10.5 Å². The molecular formula is C15H13F3N2O2. The van der Waals surface area contributed by atoms with Crippen molar-refractivity contribution in [2.45, 2.75) is 6.18 Å². The number of rotatable bonds is 3. The highest BCUT2D eigenvalue weighted by atomic mass is 19.4. The van der Waals surface area contributed by atoms with Gasteiger partial charge in [0.25, 0.3) is 5.91 Å². The van der Waals surface area contributed by atoms with Crippen LogP contribution in [-0.2, 0) is 6.18 Å². The predicted molar refractivity (Wildman–Crippen MR) is 76.8 cm³/mol. The zero-order valence-electron chi connectivity index (χ0n) is 11.6. The van der Waals surface area contributed by atoms with Gasteiger partial charge in [-0.05, 0) is 36.4 Å². The van der Waals surface area contributed by atoms with Crippen LogP contribution in [0, 0.1) is 0 Å². The lowest BCUT2D eigenvalue weighted by molar-refractivity contribution is -0.137. The van der Waals surface area contributed by atoms with Crippen molar-refractivity contribution in [3.05, 3.63) is 53.6 Å². The first-order valence-electron chi connectivity index (χ1n) is 6.23. The first kappa shape index (κ1) is 15.7. The van der Waals surface area contributed by atoms with Gasteiger partial charge in [0.1, 0.15) is 5.75 Å². The Morgan fingerprint density at radius 1 is 1.14 bits per heavy atom. The van der Waals surface area contributed by atoms with E-state index in [2.05, 4.69) is 5.32 Å². The summed E-state index contributed by atoms with van der Waals surface area (Å²) in [5, 5.41) is 2.56. The number of alkyl halides is 3. The number of nitrogens with one attached hydrogen (secondary N) is 1. The molecule has 2 rings (SSSR count). The van der Waals surface area contributed by atoms with E-state index in [1.54, 1.807) is 12.1 Å². The Morgan fingerprint density at radius 2 is 1.77 bits per heavy atom. The summed E-state index contributed by atoms with van der Waals surface area (Å²) in [6.45, 7) is 0. The first-order chi connectivity index (χ1) is 10.3. The van der Waals surface area contributed by atoms with E-state index in [1.807, 2.05) is 0 Å². The van der Waals surface area contributed by atoms with Gasteiger partial charge in [-0.1, -0.05) is 0 Å². The molecule has 4 nitrogen and oxygen atoms in total. The standard InChI is InChI=1S/C15H13F3N2O2/c1-22-13-8-11(19)6-7-12(13)20-14(21)9-2-4-10(5-3-9)15(16,17)18/h2-8H,19H2,1H3,(H,20,21). The van der Waals surface area contributed by atoms with Crippen molar-refractivity contribution in [2.75, 3.05) is 18.2 Å². The number of nitrogens with two attached hydrogens (primary N) is 1. The van der Waals surface area contributed by atoms with Gasteiger partial charge in [0.2, 0.25) is 0 Å². The van der Waals surface area contributed by atoms with E-state index >= 15 is 0 Å². The highest BCUT2D eigenvalue weighted by molar-refractivity contribution is 6.05. The van der Waals surface area contributed by atoms with Crippen LogP contribution in [0.15, 0.2) is 42.5 Å². The minimum atomic E-state index is -4.44. The summed E-state index contributed by atoms with van der Waals surface area (Å²) in [6.07, 6.45) is -4.44. The van der Waals surface area contributed by atoms with E-state index in [0.29, 0.717) is 17.1 Å². The number of anilines is 2. The van der Waals surface area contributed by atoms with Crippen molar-refractivity contribution >= 4 is 17.3 Å². The van der Waals surface area contributed by atoms with Crippen LogP contribution in [-0.4, -0.2) is 13.0 Å². The lowest BCUT2D eigenvalue weighted by Gasteiger charge is -2.11. The quantitative estimate of drug-likeness (QED) is 0.852. The summed E-state index contributed by atoms with van der Waals surface area (Å²) < 4.78 is 42.5. The zero-order valence-corrected chi connectivity index (χ0v) is 11.6. The minimum Gasteiger partial charge on any atom is -0.494 e. The van der Waals surface area contributed by atoms with Crippen LogP contribution in [0.25, 0.3) is 0 Å². The molecule has 22 heavy (non-hydrogen) atoms. The molecule has 1 amide bonds. The maximum Gasteiger partial charge on any atom is 0.416 e. The molecule has 0 aliphatic carbocycles. The van der Waals surface area contributed by atoms with E-state index in [1.165, 1.54) is 13.2 Å². The number of nitrogen functional groups attached to an aromatic ring is 1. The van der Waals surface area contributed by atoms with E-state index < -0.39 is 17.6 Å². The van der Waals surface area contributed by atoms with Gasteiger partial charge >= 0.3 is 6.18 Å². The molecule has 0 fully saturated rings. The number of amides is 1. The fourth-order valence-electron chi connectivity index (χ4n) is 1.82. The Morgan fingerprint density at radius 3 is 2.32 bits per heavy atom. The molecule has 0 unspecified atom stereocenters. The van der Waals surface area contributed by atoms with Crippen LogP contribution < -0.4 is 15.8 Å². The highest BCUT2D eigenvalue weighted by Gasteiger charge is 2.30. The van der Waals surface area contributed by atoms with Crippen molar-refractivity contribution < 1.29 is 22.7 Å². The number of ether oxygens (including phenoxy) is 1. The van der Waals surface area contributed by atoms with Crippen LogP contribution in [0.3, 0.4) is 0 Å². The van der Waals surface area contributed by atoms with Crippen molar-refractivity contribution in [3.63, 3.8) is 0 Å². The molecule has 2 aromatic carbocycles. The number of carbonyl (C=O) groups is 1. The molecule has 0 heterocycles. The van der Waals surface area contributed by atoms with Gasteiger partial charge in [0.05, 0.1) is 18.4 Å². The molecule has 0 spiro atoms. The number of halogens is 3. The third kappa shape index (κ3) is 3.49. The number of methoxy groups -OCH3 is 1. The minimum absolute atomic E-state index is 0.104. The Kier molecular flexibility index (Phi) is 4.25. The van der Waals surface area contributed by atoms with Gasteiger partial charge in [-0.3, -0.25) is 4.79 Å². The Bertz CT molecular complexity index is 682. The molecule has 0 saturated heterocycles. The van der Waals surface area contributed by atoms with Gasteiger partial charge in [-0.2, -0.15) is 13.2 Å². The molecule has 116 valence electrons. The van der Waals surface area contributed by atoms with Crippen LogP contribution in [0.1, 0.15) is 15.9 Å². The molecule has 0 aromatic heterocycles. The van der Waals surface area contributed by atoms with Gasteiger partial charge < -0.3 is 15.8 Å². The van der Waals surface area contributed by atoms with E-state index in [-0.39, 0.29) is 5.56 Å². The summed E-state index contributed by atoms with van der Waals surface area (Å²) in [4.78, 5) is 12.0. The average Bonchev–Trinajstić information content (AvgIpc) is 2.48. The third-order valence-electron chi connectivity index (χ3n) is 2.95. The van der Waals surface area contributed by atoms with Crippen molar-refractivity contribution in [1.82, 2.24) is 0 Å². The van der Waals surface area contributed by atoms with E-state index in [9.17, 15) is 18.0 Å². The summed E-state index contributed by atoms with van der Waals surface area (Å²) in [6, 6.07) is 8.59. The summed E-state index contributed by atoms with van der Waals surface area (Å²) in [5.41, 5.74) is 5.73. The zero-order chi connectivity index (χ0) is 16.3. The van der Waals surface area contributed by atoms with Crippen LogP contribution in [0.4, 0.5) is 24.5 Å². The normalized spacial score (nSPS) is 11.1. The fraction of sp³-hybridized carbons (Fsp3) is 0.133. The van der Waals surface area contributed by atoms with Gasteiger partial charge in [-0.25, -0.2) is 0 Å². The third-order valence-corrected chi connectivity index (χ3v) is 2.95. The Hall–Kier alpha value is -2.70. The van der Waals surface area contributed by atoms with Gasteiger partial charge in [0.15, 0.2) is 0 Å². The number of hydrogen-bond donors (Lipinski definition) is 2. The molecule has 0 bridgehead atoms. The molecule has 3 N–H and O–H groups in total. The lowest BCUT2D eigenvalue weighted by atomic mass is 10.1. The predicted octanol–water partition coefficient (Wildman–Crippen LogP) is 3.55. The van der Waals surface area contributed by atoms with Gasteiger partial charge in [-0.15, -0.1) is 0 Å². The summed E-state index contributed by atoms with van der Waals surface area (Å²) >= 11 is 0. The molecule has 7 heteroatoms. The smallest absolute Gasteiger partial charge is 0.416 e. The second kappa shape index (κ2) is 5.97. The van der Waals surface area contributed by atoms with Crippen LogP contribution in [0.2, 0.25) is 0 Å². The molecule has 0 aliphatic heterocycles. The van der Waals surface area contributed by atoms with Crippen molar-refractivity contribution in [2.24, 2.45) is 0 Å². The number of benzene rings is 2. The first-order valence-corrected chi connectivity index (χ1v) is 6.23. The molecule has 0 atom stereocenters. The maximum absolute atomic E-state index is 12.5. The van der Waals surface area contributed by atoms with Crippen LogP contribution >= 0.6 is 0 Å². The number of hydrogen-bond acceptors (Lipinski definition) is 3. The summed E-state index contributed by atoms with van der Waals surface area (Å²) in [7, 11) is 1.42. The highest BCUT2D eigenvalue weighted by Crippen LogP contribution is 2.30. The Labute approximate surface area is 124 Å². The maximum atomic E-state index is 12.5. The topological polar surface area (TPSA) is 64.3 Å². The second-order valence-electron chi connectivity index (χ2n) is 4.49. The van der Waals surface area contributed by atoms with Crippen molar-refractivity contribution in [1.29, 1.82) is 0 Å². The molecular weight excluding hydrogens is 297 g/mol. The van der Waals surface area contributed by atoms with E-state index in [0.717, 1.165) is 24.3 Å². The number of carbonyl (C=O) groups excluding carboxylic acids is 1. The van der Waals surface area contributed by atoms with Crippen LogP contribution in [0.5, 0.6) is 5.75 Å². The molecule has 2 aromatic rings. The Balaban J connectivity index is 2.19. The van der Waals surface area contributed by atoms with Crippen molar-refractivity contribution in [3.8, 4) is 5.75 Å². The molecule has 0 aliphatic rings. The fourth-order valence-corrected chi connectivity index (χ4v) is 1.82. The second-order valence-corrected chi connectivity index (χ2v) is 4.49. The molecule has 0 saturated carbocycles. The van der Waals surface area contributed by atoms with Gasteiger partial charge in [0, 0.05) is 17.3 Å². The molecule has 0 radical (unpaired) electrons. The average molecular weight is 310 g/mol. The largest absolute Gasteiger partial charge is 0.494 e. The lowest BCUT2D eigenvalue weighted by Crippen LogP contribution is -2.13.